The summed E-state index contributed by atoms with van der Waals surface area (Å²) in [6, 6.07) is 14.2. The molecule has 0 radical (unpaired) electrons. The van der Waals surface area contributed by atoms with Crippen LogP contribution in [0.4, 0.5) is 10.2 Å². The van der Waals surface area contributed by atoms with Crippen molar-refractivity contribution in [2.24, 2.45) is 0 Å². The summed E-state index contributed by atoms with van der Waals surface area (Å²) in [5.41, 5.74) is 2.86. The van der Waals surface area contributed by atoms with E-state index < -0.39 is 11.9 Å². The minimum Gasteiger partial charge on any atom is -0.391 e. The molecule has 0 unspecified atom stereocenters. The molecule has 1 N–H and O–H groups in total. The minimum atomic E-state index is -0.552. The van der Waals surface area contributed by atoms with Crippen molar-refractivity contribution in [2.45, 2.75) is 51.7 Å². The fraction of sp³-hybridized carbons (Fsp3) is 0.433. The molecule has 2 saturated heterocycles. The molecular weight excluding hydrogens is 483 g/mol. The number of halogens is 1. The molecule has 0 aliphatic carbocycles. The number of carbonyl (C=O) groups excluding carboxylic acids is 2. The van der Waals surface area contributed by atoms with Crippen LogP contribution in [-0.4, -0.2) is 70.5 Å². The van der Waals surface area contributed by atoms with E-state index in [1.54, 1.807) is 17.0 Å². The highest BCUT2D eigenvalue weighted by molar-refractivity contribution is 5.94. The lowest BCUT2D eigenvalue weighted by molar-refractivity contribution is -0.127. The van der Waals surface area contributed by atoms with Gasteiger partial charge in [-0.15, -0.1) is 0 Å². The maximum Gasteiger partial charge on any atom is 0.257 e. The van der Waals surface area contributed by atoms with Crippen LogP contribution in [-0.2, 0) is 11.3 Å². The number of nitrogens with zero attached hydrogens (tertiary/aromatic N) is 4. The summed E-state index contributed by atoms with van der Waals surface area (Å²) in [4.78, 5) is 36.3. The van der Waals surface area contributed by atoms with Gasteiger partial charge in [-0.25, -0.2) is 9.37 Å². The number of piperidine rings is 1. The van der Waals surface area contributed by atoms with E-state index in [9.17, 15) is 19.1 Å². The van der Waals surface area contributed by atoms with E-state index in [0.29, 0.717) is 32.5 Å². The van der Waals surface area contributed by atoms with Gasteiger partial charge < -0.3 is 19.8 Å². The van der Waals surface area contributed by atoms with Crippen LogP contribution in [0.25, 0.3) is 10.9 Å². The number of hydrogen-bond acceptors (Lipinski definition) is 5. The summed E-state index contributed by atoms with van der Waals surface area (Å²) < 4.78 is 14.7. The molecule has 2 amide bonds. The number of aryl methyl sites for hydroxylation is 1. The highest BCUT2D eigenvalue weighted by atomic mass is 19.1. The Balaban J connectivity index is 1.48. The van der Waals surface area contributed by atoms with Gasteiger partial charge in [-0.1, -0.05) is 24.3 Å². The molecule has 0 saturated carbocycles. The maximum absolute atomic E-state index is 14.7. The van der Waals surface area contributed by atoms with Gasteiger partial charge in [0.05, 0.1) is 17.2 Å². The van der Waals surface area contributed by atoms with Crippen LogP contribution in [0, 0.1) is 12.7 Å². The number of carbonyl (C=O) groups is 2. The van der Waals surface area contributed by atoms with Crippen LogP contribution in [0.3, 0.4) is 0 Å². The fourth-order valence-corrected chi connectivity index (χ4v) is 5.50. The van der Waals surface area contributed by atoms with Crippen molar-refractivity contribution in [2.75, 3.05) is 37.6 Å². The average Bonchev–Trinajstić information content (AvgIpc) is 3.32. The standard InChI is InChI=1S/C30H35FN4O3/c1-21-11-12-22-18-23(29(32-27(22)17-21)34-14-4-7-24(36)20-34)19-35(16-6-15-33-13-5-10-28(33)37)30(38)25-8-2-3-9-26(25)31/h2-3,8-9,11-12,17-18,24,36H,4-7,10,13-16,19-20H2,1H3/t24-/m0/s1. The smallest absolute Gasteiger partial charge is 0.257 e. The number of aliphatic hydroxyl groups is 1. The van der Waals surface area contributed by atoms with Crippen LogP contribution in [0.5, 0.6) is 0 Å². The van der Waals surface area contributed by atoms with Crippen LogP contribution in [0.2, 0.25) is 0 Å². The molecular formula is C30H35FN4O3. The van der Waals surface area contributed by atoms with Gasteiger partial charge in [0.15, 0.2) is 0 Å². The second kappa shape index (κ2) is 11.5. The number of amides is 2. The Labute approximate surface area is 222 Å². The zero-order valence-electron chi connectivity index (χ0n) is 21.9. The Bertz CT molecular complexity index is 1330. The summed E-state index contributed by atoms with van der Waals surface area (Å²) in [5, 5.41) is 11.3. The number of rotatable bonds is 8. The Morgan fingerprint density at radius 2 is 2.00 bits per heavy atom. The van der Waals surface area contributed by atoms with Crippen molar-refractivity contribution in [1.29, 1.82) is 0 Å². The third-order valence-corrected chi connectivity index (χ3v) is 7.51. The monoisotopic (exact) mass is 518 g/mol. The first-order valence-electron chi connectivity index (χ1n) is 13.5. The second-order valence-electron chi connectivity index (χ2n) is 10.5. The van der Waals surface area contributed by atoms with Crippen molar-refractivity contribution < 1.29 is 19.1 Å². The number of β-amino-alcohol motifs (C(OH)–C–C–N with tert-alkyl or cyclic N) is 1. The van der Waals surface area contributed by atoms with Gasteiger partial charge >= 0.3 is 0 Å². The van der Waals surface area contributed by atoms with E-state index in [1.807, 2.05) is 30.0 Å². The van der Waals surface area contributed by atoms with Crippen LogP contribution in [0.1, 0.15) is 53.6 Å². The molecule has 0 bridgehead atoms. The van der Waals surface area contributed by atoms with Gasteiger partial charge in [0, 0.05) is 56.6 Å². The van der Waals surface area contributed by atoms with Gasteiger partial charge in [-0.05, 0) is 62.4 Å². The van der Waals surface area contributed by atoms with Crippen LogP contribution >= 0.6 is 0 Å². The number of aromatic nitrogens is 1. The zero-order chi connectivity index (χ0) is 26.6. The summed E-state index contributed by atoms with van der Waals surface area (Å²) in [7, 11) is 0. The number of likely N-dealkylation sites (tertiary alicyclic amines) is 1. The minimum absolute atomic E-state index is 0.0315. The zero-order valence-corrected chi connectivity index (χ0v) is 21.9. The Morgan fingerprint density at radius 1 is 1.16 bits per heavy atom. The molecule has 0 spiro atoms. The van der Waals surface area contributed by atoms with Crippen molar-refractivity contribution >= 4 is 28.5 Å². The summed E-state index contributed by atoms with van der Waals surface area (Å²) in [6.45, 7) is 5.22. The van der Waals surface area contributed by atoms with Crippen molar-refractivity contribution in [3.05, 3.63) is 71.0 Å². The highest BCUT2D eigenvalue weighted by Gasteiger charge is 2.26. The molecule has 1 atom stereocenters. The molecule has 2 aliphatic rings. The largest absolute Gasteiger partial charge is 0.391 e. The fourth-order valence-electron chi connectivity index (χ4n) is 5.50. The van der Waals surface area contributed by atoms with E-state index in [2.05, 4.69) is 11.0 Å². The first kappa shape index (κ1) is 26.1. The predicted octanol–water partition coefficient (Wildman–Crippen LogP) is 4.30. The topological polar surface area (TPSA) is 77.0 Å². The number of benzene rings is 2. The summed E-state index contributed by atoms with van der Waals surface area (Å²) in [5.74, 6) is -0.0342. The van der Waals surface area contributed by atoms with Gasteiger partial charge in [0.2, 0.25) is 5.91 Å². The van der Waals surface area contributed by atoms with Crippen molar-refractivity contribution in [1.82, 2.24) is 14.8 Å². The predicted molar refractivity (Wildman–Crippen MR) is 146 cm³/mol. The first-order valence-corrected chi connectivity index (χ1v) is 13.5. The van der Waals surface area contributed by atoms with Gasteiger partial charge in [0.25, 0.3) is 5.91 Å². The molecule has 200 valence electrons. The molecule has 2 aromatic carbocycles. The van der Waals surface area contributed by atoms with E-state index >= 15 is 0 Å². The Hall–Kier alpha value is -3.52. The average molecular weight is 519 g/mol. The number of fused-ring (bicyclic) bond motifs is 1. The molecule has 7 nitrogen and oxygen atoms in total. The molecule has 2 fully saturated rings. The van der Waals surface area contributed by atoms with Gasteiger partial charge in [0.1, 0.15) is 11.6 Å². The third-order valence-electron chi connectivity index (χ3n) is 7.51. The quantitative estimate of drug-likeness (QED) is 0.481. The molecule has 2 aliphatic heterocycles. The van der Waals surface area contributed by atoms with Crippen LogP contribution < -0.4 is 4.90 Å². The van der Waals surface area contributed by atoms with Gasteiger partial charge in [-0.3, -0.25) is 9.59 Å². The Morgan fingerprint density at radius 3 is 2.76 bits per heavy atom. The number of hydrogen-bond donors (Lipinski definition) is 1. The van der Waals surface area contributed by atoms with Crippen molar-refractivity contribution in [3.8, 4) is 0 Å². The lowest BCUT2D eigenvalue weighted by atomic mass is 10.0. The van der Waals surface area contributed by atoms with E-state index in [0.717, 1.165) is 60.2 Å². The lowest BCUT2D eigenvalue weighted by Gasteiger charge is -2.34. The van der Waals surface area contributed by atoms with E-state index in [4.69, 9.17) is 4.98 Å². The van der Waals surface area contributed by atoms with Gasteiger partial charge in [-0.2, -0.15) is 0 Å². The normalized spacial score (nSPS) is 17.9. The first-order chi connectivity index (χ1) is 18.4. The number of pyridine rings is 1. The molecule has 3 heterocycles. The maximum atomic E-state index is 14.7. The SMILES string of the molecule is Cc1ccc2cc(CN(CCCN3CCCC3=O)C(=O)c3ccccc3F)c(N3CCC[C@H](O)C3)nc2c1. The molecule has 8 heteroatoms. The van der Waals surface area contributed by atoms with E-state index in [1.165, 1.54) is 12.1 Å². The second-order valence-corrected chi connectivity index (χ2v) is 10.5. The molecule has 3 aromatic rings. The molecule has 5 rings (SSSR count). The molecule has 38 heavy (non-hydrogen) atoms. The summed E-state index contributed by atoms with van der Waals surface area (Å²) >= 11 is 0. The number of aliphatic hydroxyl groups excluding tert-OH is 1. The van der Waals surface area contributed by atoms with Crippen molar-refractivity contribution in [3.63, 3.8) is 0 Å². The third kappa shape index (κ3) is 5.80. The van der Waals surface area contributed by atoms with E-state index in [-0.39, 0.29) is 23.9 Å². The Kier molecular flexibility index (Phi) is 7.88. The summed E-state index contributed by atoms with van der Waals surface area (Å²) in [6.07, 6.45) is 3.22. The molecule has 1 aromatic heterocycles. The van der Waals surface area contributed by atoms with Crippen LogP contribution in [0.15, 0.2) is 48.5 Å². The highest BCUT2D eigenvalue weighted by Crippen LogP contribution is 2.29. The number of anilines is 1. The lowest BCUT2D eigenvalue weighted by Crippen LogP contribution is -2.40.